The third kappa shape index (κ3) is 4.14. The molecule has 6 heteroatoms. The van der Waals surface area contributed by atoms with Crippen molar-refractivity contribution in [3.63, 3.8) is 0 Å². The minimum absolute atomic E-state index is 0.239. The monoisotopic (exact) mass is 355 g/mol. The Morgan fingerprint density at radius 3 is 2.58 bits per heavy atom. The van der Waals surface area contributed by atoms with E-state index in [9.17, 15) is 4.79 Å². The largest absolute Gasteiger partial charge is 0.383 e. The average molecular weight is 355 g/mol. The van der Waals surface area contributed by atoms with Crippen molar-refractivity contribution in [2.75, 3.05) is 12.3 Å². The van der Waals surface area contributed by atoms with Crippen LogP contribution >= 0.6 is 0 Å². The predicted molar refractivity (Wildman–Crippen MR) is 105 cm³/mol. The molecular formula is C20H29N5O. The minimum atomic E-state index is -0.361. The number of hydrogen-bond donors (Lipinski definition) is 2. The topological polar surface area (TPSA) is 90.2 Å². The number of anilines is 1. The van der Waals surface area contributed by atoms with E-state index in [1.807, 2.05) is 12.1 Å². The van der Waals surface area contributed by atoms with Gasteiger partial charge in [-0.05, 0) is 55.5 Å². The van der Waals surface area contributed by atoms with Crippen molar-refractivity contribution in [2.24, 2.45) is 11.7 Å². The van der Waals surface area contributed by atoms with Gasteiger partial charge in [0.15, 0.2) is 0 Å². The summed E-state index contributed by atoms with van der Waals surface area (Å²) in [6, 6.07) is 10.7. The van der Waals surface area contributed by atoms with Crippen LogP contribution in [0.25, 0.3) is 5.69 Å². The number of rotatable bonds is 5. The van der Waals surface area contributed by atoms with Gasteiger partial charge in [0.1, 0.15) is 5.82 Å². The lowest BCUT2D eigenvalue weighted by atomic mass is 9.82. The van der Waals surface area contributed by atoms with Crippen LogP contribution < -0.4 is 17.2 Å². The van der Waals surface area contributed by atoms with E-state index in [0.717, 1.165) is 25.2 Å². The third-order valence-electron chi connectivity index (χ3n) is 5.56. The molecule has 1 aromatic carbocycles. The van der Waals surface area contributed by atoms with Gasteiger partial charge < -0.3 is 11.5 Å². The summed E-state index contributed by atoms with van der Waals surface area (Å²) in [6.07, 6.45) is 5.10. The fourth-order valence-corrected chi connectivity index (χ4v) is 3.83. The quantitative estimate of drug-likeness (QED) is 0.858. The van der Waals surface area contributed by atoms with Crippen LogP contribution in [0.1, 0.15) is 38.7 Å². The molecular weight excluding hydrogens is 326 g/mol. The Bertz CT molecular complexity index is 786. The van der Waals surface area contributed by atoms with Gasteiger partial charge >= 0.3 is 5.69 Å². The number of aromatic nitrogens is 2. The number of hydrogen-bond acceptors (Lipinski definition) is 5. The van der Waals surface area contributed by atoms with E-state index in [1.165, 1.54) is 23.0 Å². The average Bonchev–Trinajstić information content (AvgIpc) is 2.63. The molecule has 0 saturated heterocycles. The molecule has 0 amide bonds. The number of benzene rings is 1. The summed E-state index contributed by atoms with van der Waals surface area (Å²) >= 11 is 0. The molecule has 4 N–H and O–H groups in total. The molecule has 0 bridgehead atoms. The van der Waals surface area contributed by atoms with Crippen molar-refractivity contribution < 1.29 is 0 Å². The van der Waals surface area contributed by atoms with Crippen molar-refractivity contribution in [1.29, 1.82) is 0 Å². The predicted octanol–water partition coefficient (Wildman–Crippen LogP) is 2.15. The van der Waals surface area contributed by atoms with E-state index in [-0.39, 0.29) is 11.5 Å². The van der Waals surface area contributed by atoms with Gasteiger partial charge in [0.2, 0.25) is 0 Å². The number of nitrogens with two attached hydrogens (primary N) is 2. The molecule has 1 saturated carbocycles. The summed E-state index contributed by atoms with van der Waals surface area (Å²) in [5, 5.41) is 0. The van der Waals surface area contributed by atoms with Crippen molar-refractivity contribution >= 4 is 5.82 Å². The maximum Gasteiger partial charge on any atom is 0.354 e. The maximum atomic E-state index is 12.0. The van der Waals surface area contributed by atoms with Crippen LogP contribution in [0.15, 0.2) is 41.3 Å². The van der Waals surface area contributed by atoms with Gasteiger partial charge in [-0.3, -0.25) is 9.47 Å². The van der Waals surface area contributed by atoms with Crippen LogP contribution in [0.3, 0.4) is 0 Å². The molecule has 26 heavy (non-hydrogen) atoms. The van der Waals surface area contributed by atoms with E-state index < -0.39 is 0 Å². The Morgan fingerprint density at radius 2 is 1.96 bits per heavy atom. The van der Waals surface area contributed by atoms with Crippen molar-refractivity contribution in [2.45, 2.75) is 51.7 Å². The highest BCUT2D eigenvalue weighted by atomic mass is 16.1. The fourth-order valence-electron chi connectivity index (χ4n) is 3.83. The zero-order valence-electron chi connectivity index (χ0n) is 15.6. The molecule has 2 unspecified atom stereocenters. The summed E-state index contributed by atoms with van der Waals surface area (Å²) in [6.45, 7) is 6.42. The molecule has 2 aromatic rings. The van der Waals surface area contributed by atoms with Crippen LogP contribution in [0, 0.1) is 5.92 Å². The van der Waals surface area contributed by atoms with E-state index >= 15 is 0 Å². The molecule has 1 aromatic heterocycles. The SMILES string of the molecule is CCN(Cc1ccc(-n2ccc(N)nc2=O)cc1)C1CC[C@H](N)C(C)C1. The number of nitrogen functional groups attached to an aromatic ring is 1. The first-order valence-corrected chi connectivity index (χ1v) is 9.42. The Morgan fingerprint density at radius 1 is 1.23 bits per heavy atom. The lowest BCUT2D eigenvalue weighted by Gasteiger charge is -2.38. The Balaban J connectivity index is 1.71. The first-order valence-electron chi connectivity index (χ1n) is 9.42. The highest BCUT2D eigenvalue weighted by Gasteiger charge is 2.28. The second-order valence-electron chi connectivity index (χ2n) is 7.34. The van der Waals surface area contributed by atoms with E-state index in [4.69, 9.17) is 11.5 Å². The van der Waals surface area contributed by atoms with Gasteiger partial charge in [-0.2, -0.15) is 4.98 Å². The second-order valence-corrected chi connectivity index (χ2v) is 7.34. The fraction of sp³-hybridized carbons (Fsp3) is 0.500. The minimum Gasteiger partial charge on any atom is -0.383 e. The van der Waals surface area contributed by atoms with Crippen LogP contribution in [-0.4, -0.2) is 33.1 Å². The zero-order valence-corrected chi connectivity index (χ0v) is 15.6. The molecule has 140 valence electrons. The maximum absolute atomic E-state index is 12.0. The summed E-state index contributed by atoms with van der Waals surface area (Å²) in [4.78, 5) is 18.3. The molecule has 3 rings (SSSR count). The highest BCUT2D eigenvalue weighted by molar-refractivity contribution is 5.36. The lowest BCUT2D eigenvalue weighted by Crippen LogP contribution is -2.44. The van der Waals surface area contributed by atoms with Crippen molar-refractivity contribution in [3.8, 4) is 5.69 Å². The second kappa shape index (κ2) is 8.01. The van der Waals surface area contributed by atoms with Gasteiger partial charge in [-0.15, -0.1) is 0 Å². The third-order valence-corrected chi connectivity index (χ3v) is 5.56. The van der Waals surface area contributed by atoms with Crippen LogP contribution in [0.4, 0.5) is 5.82 Å². The molecule has 0 aliphatic heterocycles. The van der Waals surface area contributed by atoms with Crippen LogP contribution in [0.2, 0.25) is 0 Å². The highest BCUT2D eigenvalue weighted by Crippen LogP contribution is 2.27. The molecule has 1 heterocycles. The van der Waals surface area contributed by atoms with Crippen molar-refractivity contribution in [1.82, 2.24) is 14.5 Å². The Hall–Kier alpha value is -2.18. The summed E-state index contributed by atoms with van der Waals surface area (Å²) in [5.74, 6) is 0.818. The zero-order chi connectivity index (χ0) is 18.7. The summed E-state index contributed by atoms with van der Waals surface area (Å²) in [7, 11) is 0. The van der Waals surface area contributed by atoms with Gasteiger partial charge in [0.25, 0.3) is 0 Å². The standard InChI is InChI=1S/C20H29N5O/c1-3-24(17-8-9-18(21)14(2)12-17)13-15-4-6-16(7-5-15)25-11-10-19(22)23-20(25)26/h4-7,10-11,14,17-18H,3,8-9,12-13,21H2,1-2H3,(H2,22,23,26)/t14?,17?,18-/m0/s1. The Kier molecular flexibility index (Phi) is 5.74. The first kappa shape index (κ1) is 18.6. The molecule has 1 aliphatic carbocycles. The summed E-state index contributed by atoms with van der Waals surface area (Å²) < 4.78 is 1.50. The van der Waals surface area contributed by atoms with Gasteiger partial charge in [-0.25, -0.2) is 4.79 Å². The summed E-state index contributed by atoms with van der Waals surface area (Å²) in [5.41, 5.74) is 13.4. The van der Waals surface area contributed by atoms with Crippen LogP contribution in [-0.2, 0) is 6.54 Å². The van der Waals surface area contributed by atoms with Crippen LogP contribution in [0.5, 0.6) is 0 Å². The first-order chi connectivity index (χ1) is 12.5. The number of nitrogens with zero attached hydrogens (tertiary/aromatic N) is 3. The normalized spacial score (nSPS) is 23.3. The molecule has 3 atom stereocenters. The Labute approximate surface area is 154 Å². The molecule has 0 radical (unpaired) electrons. The molecule has 1 fully saturated rings. The molecule has 1 aliphatic rings. The smallest absolute Gasteiger partial charge is 0.354 e. The van der Waals surface area contributed by atoms with E-state index in [1.54, 1.807) is 12.3 Å². The van der Waals surface area contributed by atoms with Crippen molar-refractivity contribution in [3.05, 3.63) is 52.6 Å². The molecule has 0 spiro atoms. The van der Waals surface area contributed by atoms with Gasteiger partial charge in [-0.1, -0.05) is 26.0 Å². The lowest BCUT2D eigenvalue weighted by molar-refractivity contribution is 0.123. The molecule has 6 nitrogen and oxygen atoms in total. The van der Waals surface area contributed by atoms with E-state index in [0.29, 0.717) is 18.0 Å². The van der Waals surface area contributed by atoms with E-state index in [2.05, 4.69) is 35.9 Å². The van der Waals surface area contributed by atoms with Gasteiger partial charge in [0, 0.05) is 24.8 Å². The van der Waals surface area contributed by atoms with Gasteiger partial charge in [0.05, 0.1) is 5.69 Å².